The molecule has 176 valence electrons. The number of pyridine rings is 1. The van der Waals surface area contributed by atoms with Crippen LogP contribution in [-0.4, -0.2) is 31.8 Å². The van der Waals surface area contributed by atoms with Gasteiger partial charge in [-0.3, -0.25) is 0 Å². The lowest BCUT2D eigenvalue weighted by Gasteiger charge is -2.35. The fraction of sp³-hybridized carbons (Fsp3) is 0.607. The van der Waals surface area contributed by atoms with Gasteiger partial charge in [-0.1, -0.05) is 40.7 Å². The summed E-state index contributed by atoms with van der Waals surface area (Å²) in [6.45, 7) is 14.2. The molecule has 0 spiro atoms. The van der Waals surface area contributed by atoms with Gasteiger partial charge >= 0.3 is 0 Å². The van der Waals surface area contributed by atoms with Gasteiger partial charge in [0.15, 0.2) is 0 Å². The van der Waals surface area contributed by atoms with Crippen molar-refractivity contribution in [2.24, 2.45) is 11.3 Å². The van der Waals surface area contributed by atoms with Gasteiger partial charge in [0.25, 0.3) is 0 Å². The van der Waals surface area contributed by atoms with Crippen LogP contribution in [0.25, 0.3) is 0 Å². The van der Waals surface area contributed by atoms with Crippen LogP contribution in [0.5, 0.6) is 11.6 Å². The van der Waals surface area contributed by atoms with E-state index in [4.69, 9.17) is 9.47 Å². The highest BCUT2D eigenvalue weighted by Crippen LogP contribution is 2.32. The van der Waals surface area contributed by atoms with E-state index in [0.29, 0.717) is 17.3 Å². The molecule has 1 saturated heterocycles. The summed E-state index contributed by atoms with van der Waals surface area (Å²) in [5, 5.41) is 0. The predicted octanol–water partition coefficient (Wildman–Crippen LogP) is 6.88. The minimum atomic E-state index is 0.383. The van der Waals surface area contributed by atoms with Crippen LogP contribution in [0.3, 0.4) is 0 Å². The molecule has 2 heterocycles. The number of nitrogens with zero attached hydrogens (tertiary/aromatic N) is 2. The summed E-state index contributed by atoms with van der Waals surface area (Å²) >= 11 is 0. The summed E-state index contributed by atoms with van der Waals surface area (Å²) in [7, 11) is 1.75. The van der Waals surface area contributed by atoms with Crippen LogP contribution < -0.4 is 14.4 Å². The minimum absolute atomic E-state index is 0.383. The molecule has 0 atom stereocenters. The molecule has 0 N–H and O–H groups in total. The standard InChI is InChI=1S/C28H42N2O2/c1-21(2)24-11-15-29-27(18-24)32-20-22-12-16-30(17-13-22)26-19-25(31-6)10-9-23(26)8-7-14-28(3,4)5/h9-11,15,18-19,21-22H,7-8,12-14,16-17,20H2,1-6H3. The summed E-state index contributed by atoms with van der Waals surface area (Å²) in [6, 6.07) is 10.8. The van der Waals surface area contributed by atoms with Gasteiger partial charge in [-0.25, -0.2) is 4.98 Å². The number of rotatable bonds is 9. The Morgan fingerprint density at radius 1 is 1.09 bits per heavy atom. The fourth-order valence-electron chi connectivity index (χ4n) is 4.39. The van der Waals surface area contributed by atoms with E-state index in [-0.39, 0.29) is 0 Å². The molecule has 1 aromatic carbocycles. The Kier molecular flexibility index (Phi) is 8.44. The summed E-state index contributed by atoms with van der Waals surface area (Å²) in [6.07, 6.45) is 7.72. The number of benzene rings is 1. The largest absolute Gasteiger partial charge is 0.497 e. The molecule has 1 aliphatic heterocycles. The quantitative estimate of drug-likeness (QED) is 0.427. The van der Waals surface area contributed by atoms with Crippen LogP contribution >= 0.6 is 0 Å². The molecule has 32 heavy (non-hydrogen) atoms. The summed E-state index contributed by atoms with van der Waals surface area (Å²) in [5.74, 6) is 2.77. The Bertz CT molecular complexity index is 849. The van der Waals surface area contributed by atoms with E-state index in [1.54, 1.807) is 7.11 Å². The number of ether oxygens (including phenoxy) is 2. The van der Waals surface area contributed by atoms with Crippen molar-refractivity contribution in [3.8, 4) is 11.6 Å². The average molecular weight is 439 g/mol. The number of hydrogen-bond donors (Lipinski definition) is 0. The van der Waals surface area contributed by atoms with Crippen LogP contribution in [0.1, 0.15) is 77.3 Å². The highest BCUT2D eigenvalue weighted by Gasteiger charge is 2.22. The Labute approximate surface area is 195 Å². The van der Waals surface area contributed by atoms with Crippen molar-refractivity contribution >= 4 is 5.69 Å². The molecule has 0 amide bonds. The smallest absolute Gasteiger partial charge is 0.213 e. The molecule has 1 fully saturated rings. The van der Waals surface area contributed by atoms with Crippen molar-refractivity contribution in [2.45, 2.75) is 72.6 Å². The molecule has 0 saturated carbocycles. The molecular weight excluding hydrogens is 396 g/mol. The third-order valence-corrected chi connectivity index (χ3v) is 6.51. The van der Waals surface area contributed by atoms with Gasteiger partial charge in [0.05, 0.1) is 13.7 Å². The highest BCUT2D eigenvalue weighted by atomic mass is 16.5. The fourth-order valence-corrected chi connectivity index (χ4v) is 4.39. The second-order valence-corrected chi connectivity index (χ2v) is 10.7. The zero-order valence-electron chi connectivity index (χ0n) is 21.0. The maximum Gasteiger partial charge on any atom is 0.213 e. The molecule has 0 aliphatic carbocycles. The van der Waals surface area contributed by atoms with Gasteiger partial charge in [-0.05, 0) is 72.6 Å². The molecular formula is C28H42N2O2. The van der Waals surface area contributed by atoms with Crippen LogP contribution in [0.2, 0.25) is 0 Å². The van der Waals surface area contributed by atoms with Gasteiger partial charge < -0.3 is 14.4 Å². The van der Waals surface area contributed by atoms with Crippen LogP contribution in [0, 0.1) is 11.3 Å². The first-order valence-corrected chi connectivity index (χ1v) is 12.3. The minimum Gasteiger partial charge on any atom is -0.497 e. The van der Waals surface area contributed by atoms with E-state index >= 15 is 0 Å². The van der Waals surface area contributed by atoms with E-state index in [9.17, 15) is 0 Å². The number of aromatic nitrogens is 1. The van der Waals surface area contributed by atoms with Crippen molar-refractivity contribution in [1.82, 2.24) is 4.98 Å². The van der Waals surface area contributed by atoms with Crippen molar-refractivity contribution in [1.29, 1.82) is 0 Å². The van der Waals surface area contributed by atoms with Crippen LogP contribution in [0.15, 0.2) is 36.5 Å². The molecule has 0 unspecified atom stereocenters. The number of hydrogen-bond acceptors (Lipinski definition) is 4. The van der Waals surface area contributed by atoms with Gasteiger partial charge in [-0.15, -0.1) is 0 Å². The number of aryl methyl sites for hydroxylation is 1. The van der Waals surface area contributed by atoms with Gasteiger partial charge in [0, 0.05) is 37.1 Å². The number of methoxy groups -OCH3 is 1. The van der Waals surface area contributed by atoms with Crippen LogP contribution in [0.4, 0.5) is 5.69 Å². The van der Waals surface area contributed by atoms with E-state index < -0.39 is 0 Å². The summed E-state index contributed by atoms with van der Waals surface area (Å²) in [5.41, 5.74) is 4.46. The van der Waals surface area contributed by atoms with Crippen molar-refractivity contribution in [3.05, 3.63) is 47.7 Å². The first-order valence-electron chi connectivity index (χ1n) is 12.3. The van der Waals surface area contributed by atoms with Crippen molar-refractivity contribution < 1.29 is 9.47 Å². The molecule has 4 nitrogen and oxygen atoms in total. The van der Waals surface area contributed by atoms with E-state index in [0.717, 1.165) is 50.6 Å². The first-order chi connectivity index (χ1) is 15.2. The van der Waals surface area contributed by atoms with Gasteiger partial charge in [-0.2, -0.15) is 0 Å². The molecule has 0 radical (unpaired) electrons. The monoisotopic (exact) mass is 438 g/mol. The molecule has 0 bridgehead atoms. The lowest BCUT2D eigenvalue weighted by atomic mass is 9.88. The molecule has 3 rings (SSSR count). The Balaban J connectivity index is 1.57. The maximum atomic E-state index is 6.07. The topological polar surface area (TPSA) is 34.6 Å². The average Bonchev–Trinajstić information content (AvgIpc) is 2.77. The lowest BCUT2D eigenvalue weighted by molar-refractivity contribution is 0.216. The van der Waals surface area contributed by atoms with Crippen LogP contribution in [-0.2, 0) is 6.42 Å². The van der Waals surface area contributed by atoms with E-state index in [1.807, 2.05) is 6.20 Å². The van der Waals surface area contributed by atoms with Crippen molar-refractivity contribution in [2.75, 3.05) is 31.7 Å². The Morgan fingerprint density at radius 3 is 2.50 bits per heavy atom. The third-order valence-electron chi connectivity index (χ3n) is 6.51. The lowest BCUT2D eigenvalue weighted by Crippen LogP contribution is -2.36. The molecule has 1 aliphatic rings. The van der Waals surface area contributed by atoms with E-state index in [2.05, 4.69) is 74.8 Å². The Hall–Kier alpha value is -2.23. The zero-order chi connectivity index (χ0) is 23.1. The number of anilines is 1. The Morgan fingerprint density at radius 2 is 1.84 bits per heavy atom. The maximum absolute atomic E-state index is 6.07. The molecule has 1 aromatic heterocycles. The molecule has 4 heteroatoms. The van der Waals surface area contributed by atoms with E-state index in [1.165, 1.54) is 29.7 Å². The number of piperidine rings is 1. The second-order valence-electron chi connectivity index (χ2n) is 10.7. The zero-order valence-corrected chi connectivity index (χ0v) is 21.0. The third kappa shape index (κ3) is 7.15. The molecule has 2 aromatic rings. The predicted molar refractivity (Wildman–Crippen MR) is 134 cm³/mol. The highest BCUT2D eigenvalue weighted by molar-refractivity contribution is 5.57. The second kappa shape index (κ2) is 11.1. The normalized spacial score (nSPS) is 15.3. The summed E-state index contributed by atoms with van der Waals surface area (Å²) < 4.78 is 11.6. The van der Waals surface area contributed by atoms with Gasteiger partial charge in [0.2, 0.25) is 5.88 Å². The van der Waals surface area contributed by atoms with Crippen molar-refractivity contribution in [3.63, 3.8) is 0 Å². The SMILES string of the molecule is COc1ccc(CCCC(C)(C)C)c(N2CCC(COc3cc(C(C)C)ccn3)CC2)c1. The first kappa shape index (κ1) is 24.4. The summed E-state index contributed by atoms with van der Waals surface area (Å²) in [4.78, 5) is 6.94. The van der Waals surface area contributed by atoms with Gasteiger partial charge in [0.1, 0.15) is 5.75 Å².